The predicted molar refractivity (Wildman–Crippen MR) is 95.4 cm³/mol. The Morgan fingerprint density at radius 3 is 2.40 bits per heavy atom. The van der Waals surface area contributed by atoms with Crippen molar-refractivity contribution in [1.29, 1.82) is 0 Å². The van der Waals surface area contributed by atoms with Gasteiger partial charge in [-0.3, -0.25) is 4.79 Å². The number of carbonyl (C=O) groups is 1. The van der Waals surface area contributed by atoms with E-state index in [1.54, 1.807) is 25.1 Å². The molecule has 1 amide bonds. The predicted octanol–water partition coefficient (Wildman–Crippen LogP) is 3.49. The number of para-hydroxylation sites is 1. The molecule has 144 valence electrons. The van der Waals surface area contributed by atoms with Crippen LogP contribution in [-0.2, 0) is 11.3 Å². The number of rotatable bonds is 10. The Balaban J connectivity index is 0.00000576. The van der Waals surface area contributed by atoms with Crippen LogP contribution in [0.4, 0.5) is 8.78 Å². The van der Waals surface area contributed by atoms with Gasteiger partial charge in [0, 0.05) is 18.7 Å². The lowest BCUT2D eigenvalue weighted by molar-refractivity contribution is -0.131. The Hall–Kier alpha value is -1.60. The van der Waals surface area contributed by atoms with Gasteiger partial charge in [0.05, 0.1) is 12.0 Å². The van der Waals surface area contributed by atoms with Crippen LogP contribution in [0.5, 0.6) is 11.5 Å². The van der Waals surface area contributed by atoms with Gasteiger partial charge in [0.1, 0.15) is 0 Å². The minimum absolute atomic E-state index is 0. The molecule has 0 aromatic heterocycles. The quantitative estimate of drug-likeness (QED) is 0.651. The average Bonchev–Trinajstić information content (AvgIpc) is 2.57. The SMILES string of the molecule is CCOc1cccc(CNC(=O)C(CC)(CC)CN)c1OC(F)F.Cl. The Kier molecular flexibility index (Phi) is 10.4. The third kappa shape index (κ3) is 6.01. The Bertz CT molecular complexity index is 532. The van der Waals surface area contributed by atoms with Gasteiger partial charge in [-0.1, -0.05) is 26.0 Å². The summed E-state index contributed by atoms with van der Waals surface area (Å²) in [6.07, 6.45) is 1.20. The van der Waals surface area contributed by atoms with Crippen LogP contribution >= 0.6 is 12.4 Å². The molecular weight excluding hydrogens is 354 g/mol. The van der Waals surface area contributed by atoms with Gasteiger partial charge in [0.2, 0.25) is 5.91 Å². The topological polar surface area (TPSA) is 73.6 Å². The highest BCUT2D eigenvalue weighted by Gasteiger charge is 2.33. The number of hydrogen-bond donors (Lipinski definition) is 2. The Morgan fingerprint density at radius 2 is 1.92 bits per heavy atom. The fraction of sp³-hybridized carbons (Fsp3) is 0.588. The first-order chi connectivity index (χ1) is 11.4. The summed E-state index contributed by atoms with van der Waals surface area (Å²) >= 11 is 0. The summed E-state index contributed by atoms with van der Waals surface area (Å²) in [5.74, 6) is -0.0265. The van der Waals surface area contributed by atoms with E-state index in [0.717, 1.165) is 0 Å². The molecular formula is C17H27ClF2N2O3. The van der Waals surface area contributed by atoms with Gasteiger partial charge >= 0.3 is 6.61 Å². The molecule has 25 heavy (non-hydrogen) atoms. The number of halogens is 3. The molecule has 0 saturated carbocycles. The standard InChI is InChI=1S/C17H26F2N2O3.ClH/c1-4-17(5-2,11-20)15(22)21-10-12-8-7-9-13(23-6-3)14(12)24-16(18)19;/h7-9,16H,4-6,10-11,20H2,1-3H3,(H,21,22);1H. The van der Waals surface area contributed by atoms with Crippen molar-refractivity contribution in [3.63, 3.8) is 0 Å². The van der Waals surface area contributed by atoms with Gasteiger partial charge in [-0.25, -0.2) is 0 Å². The van der Waals surface area contributed by atoms with Gasteiger partial charge in [-0.05, 0) is 25.8 Å². The van der Waals surface area contributed by atoms with Gasteiger partial charge in [-0.15, -0.1) is 12.4 Å². The van der Waals surface area contributed by atoms with Crippen molar-refractivity contribution in [2.75, 3.05) is 13.2 Å². The summed E-state index contributed by atoms with van der Waals surface area (Å²) in [5, 5.41) is 2.78. The van der Waals surface area contributed by atoms with Crippen LogP contribution in [-0.4, -0.2) is 25.7 Å². The second-order valence-corrected chi connectivity index (χ2v) is 5.43. The van der Waals surface area contributed by atoms with Crippen LogP contribution in [0, 0.1) is 5.41 Å². The number of nitrogens with one attached hydrogen (secondary N) is 1. The zero-order chi connectivity index (χ0) is 18.2. The second-order valence-electron chi connectivity index (χ2n) is 5.43. The molecule has 0 saturated heterocycles. The van der Waals surface area contributed by atoms with E-state index in [0.29, 0.717) is 25.0 Å². The van der Waals surface area contributed by atoms with Crippen LogP contribution in [0.25, 0.3) is 0 Å². The highest BCUT2D eigenvalue weighted by Crippen LogP contribution is 2.33. The first-order valence-electron chi connectivity index (χ1n) is 8.11. The van der Waals surface area contributed by atoms with E-state index >= 15 is 0 Å². The van der Waals surface area contributed by atoms with Crippen LogP contribution in [0.3, 0.4) is 0 Å². The summed E-state index contributed by atoms with van der Waals surface area (Å²) in [5.41, 5.74) is 5.53. The van der Waals surface area contributed by atoms with Crippen molar-refractivity contribution >= 4 is 18.3 Å². The number of amides is 1. The first-order valence-corrected chi connectivity index (χ1v) is 8.11. The number of benzene rings is 1. The second kappa shape index (κ2) is 11.1. The Labute approximate surface area is 153 Å². The molecule has 0 unspecified atom stereocenters. The average molecular weight is 381 g/mol. The normalized spacial score (nSPS) is 11.0. The molecule has 1 aromatic carbocycles. The smallest absolute Gasteiger partial charge is 0.387 e. The van der Waals surface area contributed by atoms with Crippen molar-refractivity contribution in [2.24, 2.45) is 11.1 Å². The number of alkyl halides is 2. The maximum atomic E-state index is 12.7. The molecule has 8 heteroatoms. The molecule has 0 aliphatic heterocycles. The third-order valence-electron chi connectivity index (χ3n) is 4.23. The van der Waals surface area contributed by atoms with E-state index in [-0.39, 0.29) is 42.9 Å². The third-order valence-corrected chi connectivity index (χ3v) is 4.23. The number of carbonyl (C=O) groups excluding carboxylic acids is 1. The van der Waals surface area contributed by atoms with Crippen LogP contribution in [0.1, 0.15) is 39.2 Å². The fourth-order valence-corrected chi connectivity index (χ4v) is 2.51. The molecule has 1 aromatic rings. The maximum Gasteiger partial charge on any atom is 0.387 e. The molecule has 0 bridgehead atoms. The lowest BCUT2D eigenvalue weighted by atomic mass is 9.81. The minimum Gasteiger partial charge on any atom is -0.490 e. The summed E-state index contributed by atoms with van der Waals surface area (Å²) in [7, 11) is 0. The lowest BCUT2D eigenvalue weighted by Crippen LogP contribution is -2.45. The first kappa shape index (κ1) is 23.4. The lowest BCUT2D eigenvalue weighted by Gasteiger charge is -2.28. The molecule has 1 rings (SSSR count). The fourth-order valence-electron chi connectivity index (χ4n) is 2.51. The number of hydrogen-bond acceptors (Lipinski definition) is 4. The highest BCUT2D eigenvalue weighted by atomic mass is 35.5. The molecule has 0 heterocycles. The number of ether oxygens (including phenoxy) is 2. The summed E-state index contributed by atoms with van der Waals surface area (Å²) in [6, 6.07) is 4.83. The van der Waals surface area contributed by atoms with Gasteiger partial charge < -0.3 is 20.5 Å². The molecule has 5 nitrogen and oxygen atoms in total. The molecule has 0 spiro atoms. The van der Waals surface area contributed by atoms with Gasteiger partial charge in [0.25, 0.3) is 0 Å². The summed E-state index contributed by atoms with van der Waals surface area (Å²) in [6.45, 7) is 3.18. The van der Waals surface area contributed by atoms with E-state index < -0.39 is 12.0 Å². The monoisotopic (exact) mass is 380 g/mol. The van der Waals surface area contributed by atoms with E-state index in [4.69, 9.17) is 10.5 Å². The highest BCUT2D eigenvalue weighted by molar-refractivity contribution is 5.85. The summed E-state index contributed by atoms with van der Waals surface area (Å²) in [4.78, 5) is 12.5. The molecule has 0 radical (unpaired) electrons. The van der Waals surface area contributed by atoms with E-state index in [9.17, 15) is 13.6 Å². The van der Waals surface area contributed by atoms with Crippen molar-refractivity contribution in [3.05, 3.63) is 23.8 Å². The molecule has 0 atom stereocenters. The van der Waals surface area contributed by atoms with E-state index in [1.165, 1.54) is 0 Å². The zero-order valence-electron chi connectivity index (χ0n) is 14.8. The van der Waals surface area contributed by atoms with Crippen LogP contribution in [0.15, 0.2) is 18.2 Å². The number of nitrogens with two attached hydrogens (primary N) is 1. The van der Waals surface area contributed by atoms with Gasteiger partial charge in [0.15, 0.2) is 11.5 Å². The van der Waals surface area contributed by atoms with Crippen molar-refractivity contribution in [2.45, 2.75) is 46.8 Å². The molecule has 0 fully saturated rings. The zero-order valence-corrected chi connectivity index (χ0v) is 15.6. The maximum absolute atomic E-state index is 12.7. The van der Waals surface area contributed by atoms with Gasteiger partial charge in [-0.2, -0.15) is 8.78 Å². The van der Waals surface area contributed by atoms with E-state index in [2.05, 4.69) is 10.1 Å². The molecule has 0 aliphatic rings. The van der Waals surface area contributed by atoms with Crippen molar-refractivity contribution < 1.29 is 23.0 Å². The van der Waals surface area contributed by atoms with Crippen molar-refractivity contribution in [3.8, 4) is 11.5 Å². The van der Waals surface area contributed by atoms with Crippen LogP contribution < -0.4 is 20.5 Å². The van der Waals surface area contributed by atoms with Crippen molar-refractivity contribution in [1.82, 2.24) is 5.32 Å². The van der Waals surface area contributed by atoms with Crippen LogP contribution in [0.2, 0.25) is 0 Å². The molecule has 3 N–H and O–H groups in total. The summed E-state index contributed by atoms with van der Waals surface area (Å²) < 4.78 is 35.3. The largest absolute Gasteiger partial charge is 0.490 e. The Morgan fingerprint density at radius 1 is 1.28 bits per heavy atom. The minimum atomic E-state index is -2.98. The van der Waals surface area contributed by atoms with E-state index in [1.807, 2.05) is 13.8 Å². The molecule has 0 aliphatic carbocycles.